The maximum atomic E-state index is 11.4. The van der Waals surface area contributed by atoms with Crippen molar-refractivity contribution in [2.24, 2.45) is 11.5 Å². The van der Waals surface area contributed by atoms with Crippen LogP contribution in [0.3, 0.4) is 0 Å². The number of hydrogen-bond donors (Lipinski definition) is 3. The molecule has 104 valence electrons. The predicted octanol–water partition coefficient (Wildman–Crippen LogP) is -0.535. The van der Waals surface area contributed by atoms with Crippen LogP contribution in [0.5, 0.6) is 5.75 Å². The molecule has 5 N–H and O–H groups in total. The van der Waals surface area contributed by atoms with Crippen molar-refractivity contribution < 1.29 is 19.1 Å². The third-order valence-corrected chi connectivity index (χ3v) is 2.01. The highest BCUT2D eigenvalue weighted by molar-refractivity contribution is 5.91. The topological polar surface area (TPSA) is 117 Å². The molecule has 0 unspecified atom stereocenters. The molecule has 1 rings (SSSR count). The summed E-state index contributed by atoms with van der Waals surface area (Å²) in [6.45, 7) is 0.488. The van der Waals surface area contributed by atoms with E-state index in [-0.39, 0.29) is 19.1 Å². The highest BCUT2D eigenvalue weighted by Crippen LogP contribution is 2.15. The molecule has 19 heavy (non-hydrogen) atoms. The van der Waals surface area contributed by atoms with Crippen molar-refractivity contribution in [3.05, 3.63) is 24.3 Å². The van der Waals surface area contributed by atoms with Gasteiger partial charge in [-0.2, -0.15) is 0 Å². The second-order valence-electron chi connectivity index (χ2n) is 3.67. The Morgan fingerprint density at radius 1 is 1.16 bits per heavy atom. The number of amides is 2. The third-order valence-electron chi connectivity index (χ3n) is 2.01. The monoisotopic (exact) mass is 267 g/mol. The first-order chi connectivity index (χ1) is 9.11. The Hall–Kier alpha value is -2.12. The van der Waals surface area contributed by atoms with Crippen LogP contribution in [-0.2, 0) is 14.3 Å². The van der Waals surface area contributed by atoms with Crippen LogP contribution >= 0.6 is 0 Å². The second kappa shape index (κ2) is 8.06. The van der Waals surface area contributed by atoms with E-state index in [1.807, 2.05) is 0 Å². The Morgan fingerprint density at radius 2 is 1.84 bits per heavy atom. The van der Waals surface area contributed by atoms with Gasteiger partial charge in [0.2, 0.25) is 5.91 Å². The van der Waals surface area contributed by atoms with E-state index in [2.05, 4.69) is 5.32 Å². The van der Waals surface area contributed by atoms with Crippen molar-refractivity contribution >= 4 is 17.5 Å². The molecule has 1 aromatic rings. The molecule has 0 saturated carbocycles. The minimum atomic E-state index is -0.547. The average molecular weight is 267 g/mol. The van der Waals surface area contributed by atoms with Crippen LogP contribution in [0.2, 0.25) is 0 Å². The van der Waals surface area contributed by atoms with E-state index < -0.39 is 5.91 Å². The lowest BCUT2D eigenvalue weighted by atomic mass is 10.3. The van der Waals surface area contributed by atoms with Crippen LogP contribution < -0.4 is 21.5 Å². The van der Waals surface area contributed by atoms with Crippen molar-refractivity contribution in [1.82, 2.24) is 0 Å². The summed E-state index contributed by atoms with van der Waals surface area (Å²) in [6, 6.07) is 6.55. The largest absolute Gasteiger partial charge is 0.484 e. The van der Waals surface area contributed by atoms with Crippen molar-refractivity contribution in [3.8, 4) is 5.75 Å². The van der Waals surface area contributed by atoms with Crippen LogP contribution in [0.1, 0.15) is 0 Å². The molecule has 2 amide bonds. The molecule has 7 nitrogen and oxygen atoms in total. The number of carbonyl (C=O) groups excluding carboxylic acids is 2. The summed E-state index contributed by atoms with van der Waals surface area (Å²) in [5, 5.41) is 2.64. The number of ether oxygens (including phenoxy) is 2. The molecule has 0 aliphatic heterocycles. The lowest BCUT2D eigenvalue weighted by Crippen LogP contribution is -2.21. The summed E-state index contributed by atoms with van der Waals surface area (Å²) in [6.07, 6.45) is 0. The van der Waals surface area contributed by atoms with Gasteiger partial charge in [-0.05, 0) is 24.3 Å². The summed E-state index contributed by atoms with van der Waals surface area (Å²) in [7, 11) is 0. The van der Waals surface area contributed by atoms with E-state index in [0.717, 1.165) is 0 Å². The zero-order valence-corrected chi connectivity index (χ0v) is 10.4. The van der Waals surface area contributed by atoms with Gasteiger partial charge in [-0.3, -0.25) is 9.59 Å². The normalized spacial score (nSPS) is 9.95. The molecule has 0 spiro atoms. The lowest BCUT2D eigenvalue weighted by molar-refractivity contribution is -0.121. The molecule has 0 aliphatic carbocycles. The van der Waals surface area contributed by atoms with Gasteiger partial charge < -0.3 is 26.3 Å². The molecule has 0 aromatic heterocycles. The van der Waals surface area contributed by atoms with Crippen molar-refractivity contribution in [2.75, 3.05) is 31.7 Å². The quantitative estimate of drug-likeness (QED) is 0.547. The summed E-state index contributed by atoms with van der Waals surface area (Å²) in [4.78, 5) is 21.9. The van der Waals surface area contributed by atoms with Crippen LogP contribution in [0.15, 0.2) is 24.3 Å². The van der Waals surface area contributed by atoms with Crippen LogP contribution in [-0.4, -0.2) is 38.2 Å². The van der Waals surface area contributed by atoms with Crippen LogP contribution in [0.25, 0.3) is 0 Å². The van der Waals surface area contributed by atoms with E-state index in [4.69, 9.17) is 20.9 Å². The van der Waals surface area contributed by atoms with Gasteiger partial charge in [-0.15, -0.1) is 0 Å². The maximum absolute atomic E-state index is 11.4. The fraction of sp³-hybridized carbons (Fsp3) is 0.333. The van der Waals surface area contributed by atoms with E-state index >= 15 is 0 Å². The van der Waals surface area contributed by atoms with Crippen molar-refractivity contribution in [3.63, 3.8) is 0 Å². The van der Waals surface area contributed by atoms with E-state index in [0.29, 0.717) is 24.6 Å². The minimum absolute atomic E-state index is 0.0445. The van der Waals surface area contributed by atoms with Gasteiger partial charge >= 0.3 is 0 Å². The number of nitrogens with two attached hydrogens (primary N) is 2. The first-order valence-corrected chi connectivity index (χ1v) is 5.70. The van der Waals surface area contributed by atoms with Gasteiger partial charge in [0.1, 0.15) is 12.4 Å². The molecule has 0 radical (unpaired) electrons. The standard InChI is InChI=1S/C12H17N3O4/c13-5-6-18-8-12(17)15-9-1-3-10(4-2-9)19-7-11(14)16/h1-4H,5-8,13H2,(H2,14,16)(H,15,17). The Bertz CT molecular complexity index is 419. The van der Waals surface area contributed by atoms with Gasteiger partial charge in [0.05, 0.1) is 6.61 Å². The van der Waals surface area contributed by atoms with E-state index in [1.54, 1.807) is 24.3 Å². The van der Waals surface area contributed by atoms with Gasteiger partial charge in [0.15, 0.2) is 6.61 Å². The fourth-order valence-corrected chi connectivity index (χ4v) is 1.23. The van der Waals surface area contributed by atoms with E-state index in [9.17, 15) is 9.59 Å². The molecular formula is C12H17N3O4. The number of benzene rings is 1. The second-order valence-corrected chi connectivity index (χ2v) is 3.67. The van der Waals surface area contributed by atoms with Crippen LogP contribution in [0, 0.1) is 0 Å². The van der Waals surface area contributed by atoms with E-state index in [1.165, 1.54) is 0 Å². The Balaban J connectivity index is 2.39. The average Bonchev–Trinajstić information content (AvgIpc) is 2.38. The first kappa shape index (κ1) is 14.9. The number of hydrogen-bond acceptors (Lipinski definition) is 5. The SMILES string of the molecule is NCCOCC(=O)Nc1ccc(OCC(N)=O)cc1. The number of rotatable bonds is 8. The summed E-state index contributed by atoms with van der Waals surface area (Å²) in [5.41, 5.74) is 10.8. The zero-order chi connectivity index (χ0) is 14.1. The van der Waals surface area contributed by atoms with Crippen molar-refractivity contribution in [1.29, 1.82) is 0 Å². The van der Waals surface area contributed by atoms with Gasteiger partial charge in [-0.25, -0.2) is 0 Å². The van der Waals surface area contributed by atoms with Crippen molar-refractivity contribution in [2.45, 2.75) is 0 Å². The fourth-order valence-electron chi connectivity index (χ4n) is 1.23. The minimum Gasteiger partial charge on any atom is -0.484 e. The summed E-state index contributed by atoms with van der Waals surface area (Å²) >= 11 is 0. The zero-order valence-electron chi connectivity index (χ0n) is 10.4. The molecular weight excluding hydrogens is 250 g/mol. The first-order valence-electron chi connectivity index (χ1n) is 5.70. The number of anilines is 1. The Morgan fingerprint density at radius 3 is 2.42 bits per heavy atom. The smallest absolute Gasteiger partial charge is 0.255 e. The van der Waals surface area contributed by atoms with Gasteiger partial charge in [-0.1, -0.05) is 0 Å². The molecule has 0 heterocycles. The van der Waals surface area contributed by atoms with Gasteiger partial charge in [0.25, 0.3) is 5.91 Å². The third kappa shape index (κ3) is 6.39. The highest BCUT2D eigenvalue weighted by atomic mass is 16.5. The molecule has 0 atom stereocenters. The molecule has 0 bridgehead atoms. The summed E-state index contributed by atoms with van der Waals surface area (Å²) < 4.78 is 10.1. The molecule has 7 heteroatoms. The number of primary amides is 1. The van der Waals surface area contributed by atoms with Gasteiger partial charge in [0, 0.05) is 12.2 Å². The molecule has 0 fully saturated rings. The predicted molar refractivity (Wildman–Crippen MR) is 69.6 cm³/mol. The number of carbonyl (C=O) groups is 2. The van der Waals surface area contributed by atoms with Crippen LogP contribution in [0.4, 0.5) is 5.69 Å². The highest BCUT2D eigenvalue weighted by Gasteiger charge is 2.03. The Labute approximate surface area is 110 Å². The maximum Gasteiger partial charge on any atom is 0.255 e. The Kier molecular flexibility index (Phi) is 6.34. The summed E-state index contributed by atoms with van der Waals surface area (Å²) in [5.74, 6) is -0.315. The number of nitrogens with one attached hydrogen (secondary N) is 1. The molecule has 1 aromatic carbocycles. The molecule has 0 saturated heterocycles. The lowest BCUT2D eigenvalue weighted by Gasteiger charge is -2.07. The molecule has 0 aliphatic rings.